The second-order valence-corrected chi connectivity index (χ2v) is 10.1. The van der Waals surface area contributed by atoms with Gasteiger partial charge in [-0.25, -0.2) is 13.4 Å². The topological polar surface area (TPSA) is 79.4 Å². The summed E-state index contributed by atoms with van der Waals surface area (Å²) in [6.07, 6.45) is 3.45. The number of nitrogens with one attached hydrogen (secondary N) is 1. The summed E-state index contributed by atoms with van der Waals surface area (Å²) in [6.45, 7) is 1.53. The van der Waals surface area contributed by atoms with E-state index in [9.17, 15) is 13.2 Å². The van der Waals surface area contributed by atoms with Crippen molar-refractivity contribution in [2.45, 2.75) is 30.6 Å². The van der Waals surface area contributed by atoms with E-state index in [1.54, 1.807) is 29.5 Å². The van der Waals surface area contributed by atoms with Gasteiger partial charge >= 0.3 is 0 Å². The van der Waals surface area contributed by atoms with Crippen molar-refractivity contribution in [3.8, 4) is 0 Å². The fraction of sp³-hybridized carbons (Fsp3) is 0.333. The summed E-state index contributed by atoms with van der Waals surface area (Å²) < 4.78 is 28.3. The first kappa shape index (κ1) is 20.0. The Morgan fingerprint density at radius 2 is 1.86 bits per heavy atom. The van der Waals surface area contributed by atoms with Gasteiger partial charge in [0.1, 0.15) is 0 Å². The van der Waals surface area contributed by atoms with Crippen LogP contribution in [0.15, 0.2) is 53.4 Å². The van der Waals surface area contributed by atoms with Gasteiger partial charge in [0, 0.05) is 31.6 Å². The number of nitrogens with zero attached hydrogens (tertiary/aromatic N) is 2. The number of piperidine rings is 1. The lowest BCUT2D eigenvalue weighted by molar-refractivity contribution is 0.0954. The van der Waals surface area contributed by atoms with Gasteiger partial charge in [0.2, 0.25) is 10.0 Å². The molecule has 1 aromatic heterocycles. The molecule has 0 saturated carbocycles. The second-order valence-electron chi connectivity index (χ2n) is 7.07. The maximum absolute atomic E-state index is 12.8. The molecule has 6 nitrogen and oxygen atoms in total. The van der Waals surface area contributed by atoms with Crippen molar-refractivity contribution < 1.29 is 13.2 Å². The number of aromatic nitrogens is 1. The van der Waals surface area contributed by atoms with Crippen molar-refractivity contribution in [1.29, 1.82) is 0 Å². The summed E-state index contributed by atoms with van der Waals surface area (Å²) >= 11 is 1.62. The zero-order valence-corrected chi connectivity index (χ0v) is 17.6. The molecule has 3 aromatic rings. The quantitative estimate of drug-likeness (QED) is 0.651. The van der Waals surface area contributed by atoms with Gasteiger partial charge in [0.25, 0.3) is 5.91 Å². The van der Waals surface area contributed by atoms with Gasteiger partial charge in [-0.2, -0.15) is 4.31 Å². The van der Waals surface area contributed by atoms with Crippen LogP contribution in [0.3, 0.4) is 0 Å². The summed E-state index contributed by atoms with van der Waals surface area (Å²) in [5, 5.41) is 3.83. The molecule has 8 heteroatoms. The van der Waals surface area contributed by atoms with Crippen LogP contribution in [-0.2, 0) is 16.4 Å². The molecule has 0 radical (unpaired) electrons. The van der Waals surface area contributed by atoms with Crippen molar-refractivity contribution in [2.75, 3.05) is 19.6 Å². The minimum atomic E-state index is -3.55. The Bertz CT molecular complexity index is 1090. The van der Waals surface area contributed by atoms with Gasteiger partial charge in [0.05, 0.1) is 20.1 Å². The Balaban J connectivity index is 1.40. The minimum absolute atomic E-state index is 0.179. The molecule has 0 aliphatic carbocycles. The lowest BCUT2D eigenvalue weighted by atomic mass is 10.2. The molecule has 152 valence electrons. The normalized spacial score (nSPS) is 15.4. The molecule has 1 aliphatic heterocycles. The average Bonchev–Trinajstić information content (AvgIpc) is 3.17. The molecule has 1 amide bonds. The van der Waals surface area contributed by atoms with Crippen LogP contribution in [0.25, 0.3) is 10.2 Å². The molecule has 4 rings (SSSR count). The fourth-order valence-corrected chi connectivity index (χ4v) is 5.99. The Kier molecular flexibility index (Phi) is 5.94. The van der Waals surface area contributed by atoms with E-state index in [1.807, 2.05) is 24.3 Å². The van der Waals surface area contributed by atoms with E-state index in [0.717, 1.165) is 34.5 Å². The van der Waals surface area contributed by atoms with Crippen molar-refractivity contribution in [1.82, 2.24) is 14.6 Å². The third kappa shape index (κ3) is 4.49. The molecular formula is C21H23N3O3S2. The molecule has 29 heavy (non-hydrogen) atoms. The van der Waals surface area contributed by atoms with Crippen LogP contribution in [-0.4, -0.2) is 43.2 Å². The van der Waals surface area contributed by atoms with Gasteiger partial charge in [-0.15, -0.1) is 11.3 Å². The fourth-order valence-electron chi connectivity index (χ4n) is 3.46. The van der Waals surface area contributed by atoms with E-state index in [4.69, 9.17) is 0 Å². The number of sulfonamides is 1. The van der Waals surface area contributed by atoms with Crippen molar-refractivity contribution >= 4 is 37.5 Å². The van der Waals surface area contributed by atoms with Crippen LogP contribution < -0.4 is 5.32 Å². The molecule has 2 aromatic carbocycles. The van der Waals surface area contributed by atoms with Gasteiger partial charge in [-0.05, 0) is 43.2 Å². The maximum atomic E-state index is 12.8. The van der Waals surface area contributed by atoms with E-state index >= 15 is 0 Å². The minimum Gasteiger partial charge on any atom is -0.352 e. The lowest BCUT2D eigenvalue weighted by Gasteiger charge is -2.26. The summed E-state index contributed by atoms with van der Waals surface area (Å²) in [5.41, 5.74) is 1.32. The van der Waals surface area contributed by atoms with Gasteiger partial charge in [-0.1, -0.05) is 24.6 Å². The van der Waals surface area contributed by atoms with E-state index in [0.29, 0.717) is 31.6 Å². The van der Waals surface area contributed by atoms with Crippen LogP contribution in [0.5, 0.6) is 0 Å². The van der Waals surface area contributed by atoms with Crippen LogP contribution >= 0.6 is 11.3 Å². The number of benzene rings is 2. The zero-order valence-electron chi connectivity index (χ0n) is 16.0. The average molecular weight is 430 g/mol. The third-order valence-corrected chi connectivity index (χ3v) is 8.00. The van der Waals surface area contributed by atoms with Crippen molar-refractivity contribution in [2.24, 2.45) is 0 Å². The van der Waals surface area contributed by atoms with E-state index in [1.165, 1.54) is 10.4 Å². The number of para-hydroxylation sites is 1. The first-order valence-electron chi connectivity index (χ1n) is 9.77. The third-order valence-electron chi connectivity index (χ3n) is 5.01. The van der Waals surface area contributed by atoms with Gasteiger partial charge in [-0.3, -0.25) is 4.79 Å². The first-order valence-corrected chi connectivity index (χ1v) is 12.0. The summed E-state index contributed by atoms with van der Waals surface area (Å²) in [4.78, 5) is 17.3. The highest BCUT2D eigenvalue weighted by Crippen LogP contribution is 2.22. The highest BCUT2D eigenvalue weighted by atomic mass is 32.2. The number of rotatable bonds is 6. The molecule has 0 bridgehead atoms. The second kappa shape index (κ2) is 8.61. The highest BCUT2D eigenvalue weighted by molar-refractivity contribution is 7.89. The smallest absolute Gasteiger partial charge is 0.251 e. The van der Waals surface area contributed by atoms with Crippen LogP contribution in [0.4, 0.5) is 0 Å². The summed E-state index contributed by atoms with van der Waals surface area (Å²) in [5.74, 6) is -0.276. The number of hydrogen-bond acceptors (Lipinski definition) is 5. The molecule has 2 heterocycles. The van der Waals surface area contributed by atoms with Crippen LogP contribution in [0.1, 0.15) is 34.6 Å². The van der Waals surface area contributed by atoms with Crippen LogP contribution in [0, 0.1) is 0 Å². The number of carbonyl (C=O) groups excluding carboxylic acids is 1. The van der Waals surface area contributed by atoms with E-state index < -0.39 is 10.0 Å². The lowest BCUT2D eigenvalue weighted by Crippen LogP contribution is -2.35. The number of carbonyl (C=O) groups is 1. The number of hydrogen-bond donors (Lipinski definition) is 1. The monoisotopic (exact) mass is 429 g/mol. The van der Waals surface area contributed by atoms with Gasteiger partial charge < -0.3 is 5.32 Å². The number of amides is 1. The van der Waals surface area contributed by atoms with E-state index in [2.05, 4.69) is 10.3 Å². The van der Waals surface area contributed by atoms with Crippen molar-refractivity contribution in [3.63, 3.8) is 0 Å². The SMILES string of the molecule is O=C(NCCc1nc2ccccc2s1)c1cccc(S(=O)(=O)N2CCCCC2)c1. The molecular weight excluding hydrogens is 406 g/mol. The standard InChI is InChI=1S/C21H23N3O3S2/c25-21(22-12-11-20-23-18-9-2-3-10-19(18)28-20)16-7-6-8-17(15-16)29(26,27)24-13-4-1-5-14-24/h2-3,6-10,15H,1,4-5,11-14H2,(H,22,25). The predicted octanol–water partition coefficient (Wildman–Crippen LogP) is 3.44. The Morgan fingerprint density at radius 1 is 1.07 bits per heavy atom. The van der Waals surface area contributed by atoms with Crippen molar-refractivity contribution in [3.05, 3.63) is 59.1 Å². The molecule has 0 spiro atoms. The molecule has 0 unspecified atom stereocenters. The predicted molar refractivity (Wildman–Crippen MR) is 115 cm³/mol. The Hall–Kier alpha value is -2.29. The Morgan fingerprint density at radius 3 is 2.66 bits per heavy atom. The maximum Gasteiger partial charge on any atom is 0.251 e. The molecule has 1 N–H and O–H groups in total. The largest absolute Gasteiger partial charge is 0.352 e. The van der Waals surface area contributed by atoms with E-state index in [-0.39, 0.29) is 10.8 Å². The molecule has 1 aliphatic rings. The first-order chi connectivity index (χ1) is 14.0. The molecule has 1 saturated heterocycles. The van der Waals surface area contributed by atoms with Crippen LogP contribution in [0.2, 0.25) is 0 Å². The molecule has 1 fully saturated rings. The van der Waals surface area contributed by atoms with Gasteiger partial charge in [0.15, 0.2) is 0 Å². The summed E-state index contributed by atoms with van der Waals surface area (Å²) in [6, 6.07) is 14.2. The highest BCUT2D eigenvalue weighted by Gasteiger charge is 2.26. The molecule has 0 atom stereocenters. The zero-order chi connectivity index (χ0) is 20.3. The number of fused-ring (bicyclic) bond motifs is 1. The number of thiazole rings is 1. The summed E-state index contributed by atoms with van der Waals surface area (Å²) in [7, 11) is -3.55. The Labute approximate surface area is 174 Å².